The summed E-state index contributed by atoms with van der Waals surface area (Å²) in [6.45, 7) is 1.11. The van der Waals surface area contributed by atoms with Crippen molar-refractivity contribution >= 4 is 40.9 Å². The number of ether oxygens (including phenoxy) is 2. The van der Waals surface area contributed by atoms with Gasteiger partial charge in [0.15, 0.2) is 5.25 Å². The van der Waals surface area contributed by atoms with Crippen LogP contribution in [0.5, 0.6) is 11.5 Å². The summed E-state index contributed by atoms with van der Waals surface area (Å²) in [5, 5.41) is 1.91. The van der Waals surface area contributed by atoms with Crippen molar-refractivity contribution in [2.45, 2.75) is 23.0 Å². The van der Waals surface area contributed by atoms with Crippen LogP contribution >= 0.6 is 11.8 Å². The van der Waals surface area contributed by atoms with Gasteiger partial charge in [0.25, 0.3) is 5.91 Å². The SMILES string of the molecule is COc1ccc(OC)c(NC(=O)CN2C(=O)[C@@H](C(=O)N3CCCC3)Sc3ccccc32)c1. The number of fused-ring (bicyclic) bond motifs is 1. The maximum Gasteiger partial charge on any atom is 0.250 e. The van der Waals surface area contributed by atoms with Crippen LogP contribution in [0.1, 0.15) is 12.8 Å². The number of carbonyl (C=O) groups excluding carboxylic acids is 3. The van der Waals surface area contributed by atoms with Crippen LogP contribution in [-0.2, 0) is 14.4 Å². The van der Waals surface area contributed by atoms with Crippen LogP contribution in [0.4, 0.5) is 11.4 Å². The summed E-state index contributed by atoms with van der Waals surface area (Å²) in [5.41, 5.74) is 1.06. The Kier molecular flexibility index (Phi) is 6.55. The summed E-state index contributed by atoms with van der Waals surface area (Å²) in [4.78, 5) is 43.2. The number of hydrogen-bond donors (Lipinski definition) is 1. The lowest BCUT2D eigenvalue weighted by Crippen LogP contribution is -2.51. The van der Waals surface area contributed by atoms with E-state index in [2.05, 4.69) is 5.32 Å². The number of likely N-dealkylation sites (tertiary alicyclic amines) is 1. The summed E-state index contributed by atoms with van der Waals surface area (Å²) in [5.74, 6) is 0.0690. The third-order valence-corrected chi connectivity index (χ3v) is 6.75. The predicted molar refractivity (Wildman–Crippen MR) is 122 cm³/mol. The second-order valence-electron chi connectivity index (χ2n) is 7.54. The van der Waals surface area contributed by atoms with Crippen molar-refractivity contribution in [3.05, 3.63) is 42.5 Å². The Labute approximate surface area is 190 Å². The Hall–Kier alpha value is -3.20. The number of methoxy groups -OCH3 is 2. The van der Waals surface area contributed by atoms with Crippen molar-refractivity contribution < 1.29 is 23.9 Å². The van der Waals surface area contributed by atoms with Crippen LogP contribution in [0.3, 0.4) is 0 Å². The fourth-order valence-electron chi connectivity index (χ4n) is 3.88. The number of nitrogens with one attached hydrogen (secondary N) is 1. The van der Waals surface area contributed by atoms with Crippen molar-refractivity contribution in [1.82, 2.24) is 4.90 Å². The number of thioether (sulfide) groups is 1. The zero-order valence-corrected chi connectivity index (χ0v) is 18.8. The van der Waals surface area contributed by atoms with Gasteiger partial charge in [-0.25, -0.2) is 0 Å². The molecule has 0 aromatic heterocycles. The third-order valence-electron chi connectivity index (χ3n) is 5.52. The molecule has 0 aliphatic carbocycles. The molecule has 0 unspecified atom stereocenters. The molecule has 2 aromatic rings. The first-order valence-corrected chi connectivity index (χ1v) is 11.3. The Morgan fingerprint density at radius 2 is 1.84 bits per heavy atom. The van der Waals surface area contributed by atoms with E-state index in [0.717, 1.165) is 17.7 Å². The van der Waals surface area contributed by atoms with Crippen LogP contribution in [-0.4, -0.2) is 61.7 Å². The van der Waals surface area contributed by atoms with Gasteiger partial charge in [-0.2, -0.15) is 0 Å². The maximum atomic E-state index is 13.3. The highest BCUT2D eigenvalue weighted by Gasteiger charge is 2.41. The van der Waals surface area contributed by atoms with Crippen LogP contribution in [0.25, 0.3) is 0 Å². The van der Waals surface area contributed by atoms with Gasteiger partial charge in [0.1, 0.15) is 18.0 Å². The number of benzene rings is 2. The molecule has 9 heteroatoms. The molecular weight excluding hydrogens is 430 g/mol. The first-order valence-electron chi connectivity index (χ1n) is 10.4. The molecule has 8 nitrogen and oxygen atoms in total. The van der Waals surface area contributed by atoms with E-state index in [0.29, 0.717) is 36.0 Å². The highest BCUT2D eigenvalue weighted by molar-refractivity contribution is 8.01. The molecule has 2 aromatic carbocycles. The number of hydrogen-bond acceptors (Lipinski definition) is 6. The summed E-state index contributed by atoms with van der Waals surface area (Å²) >= 11 is 1.26. The van der Waals surface area contributed by atoms with Crippen molar-refractivity contribution in [2.24, 2.45) is 0 Å². The van der Waals surface area contributed by atoms with Crippen LogP contribution in [0.2, 0.25) is 0 Å². The van der Waals surface area contributed by atoms with Gasteiger partial charge in [-0.15, -0.1) is 11.8 Å². The molecule has 1 atom stereocenters. The monoisotopic (exact) mass is 455 g/mol. The highest BCUT2D eigenvalue weighted by atomic mass is 32.2. The molecule has 32 heavy (non-hydrogen) atoms. The number of amides is 3. The third kappa shape index (κ3) is 4.38. The normalized spacial score (nSPS) is 17.7. The second-order valence-corrected chi connectivity index (χ2v) is 8.68. The minimum Gasteiger partial charge on any atom is -0.497 e. The molecule has 0 saturated carbocycles. The summed E-state index contributed by atoms with van der Waals surface area (Å²) in [6, 6.07) is 12.4. The minimum atomic E-state index is -0.887. The number of anilines is 2. The Balaban J connectivity index is 1.57. The molecule has 0 bridgehead atoms. The van der Waals surface area contributed by atoms with E-state index in [4.69, 9.17) is 9.47 Å². The quantitative estimate of drug-likeness (QED) is 0.674. The molecular formula is C23H25N3O5S. The van der Waals surface area contributed by atoms with Gasteiger partial charge >= 0.3 is 0 Å². The molecule has 168 valence electrons. The van der Waals surface area contributed by atoms with Gasteiger partial charge < -0.3 is 24.6 Å². The molecule has 0 radical (unpaired) electrons. The van der Waals surface area contributed by atoms with Gasteiger partial charge in [-0.3, -0.25) is 14.4 Å². The molecule has 4 rings (SSSR count). The number of carbonyl (C=O) groups is 3. The molecule has 1 saturated heterocycles. The van der Waals surface area contributed by atoms with E-state index in [1.807, 2.05) is 18.2 Å². The predicted octanol–water partition coefficient (Wildman–Crippen LogP) is 2.77. The number of nitrogens with zero attached hydrogens (tertiary/aromatic N) is 2. The summed E-state index contributed by atoms with van der Waals surface area (Å²) < 4.78 is 10.5. The van der Waals surface area contributed by atoms with E-state index in [1.165, 1.54) is 30.9 Å². The van der Waals surface area contributed by atoms with Crippen LogP contribution < -0.4 is 19.7 Å². The van der Waals surface area contributed by atoms with E-state index in [9.17, 15) is 14.4 Å². The standard InChI is InChI=1S/C23H25N3O5S/c1-30-15-9-10-18(31-2)16(13-15)24-20(27)14-26-17-7-3-4-8-19(17)32-21(23(26)29)22(28)25-11-5-6-12-25/h3-4,7-10,13,21H,5-6,11-12,14H2,1-2H3,(H,24,27)/t21-/m1/s1. The topological polar surface area (TPSA) is 88.2 Å². The molecule has 3 amide bonds. The molecule has 1 fully saturated rings. The average Bonchev–Trinajstić information content (AvgIpc) is 3.35. The van der Waals surface area contributed by atoms with Gasteiger partial charge in [0.05, 0.1) is 25.6 Å². The largest absolute Gasteiger partial charge is 0.497 e. The second kappa shape index (κ2) is 9.52. The fraction of sp³-hybridized carbons (Fsp3) is 0.348. The van der Waals surface area contributed by atoms with Crippen molar-refractivity contribution in [2.75, 3.05) is 44.1 Å². The minimum absolute atomic E-state index is 0.188. The first kappa shape index (κ1) is 22.0. The Bertz CT molecular complexity index is 1040. The van der Waals surface area contributed by atoms with Crippen LogP contribution in [0, 0.1) is 0 Å². The van der Waals surface area contributed by atoms with Crippen molar-refractivity contribution in [3.8, 4) is 11.5 Å². The fourth-order valence-corrected chi connectivity index (χ4v) is 5.07. The Morgan fingerprint density at radius 1 is 1.09 bits per heavy atom. The average molecular weight is 456 g/mol. The molecule has 2 heterocycles. The number of rotatable bonds is 6. The Morgan fingerprint density at radius 3 is 2.56 bits per heavy atom. The molecule has 2 aliphatic heterocycles. The lowest BCUT2D eigenvalue weighted by Gasteiger charge is -2.34. The zero-order valence-electron chi connectivity index (χ0n) is 18.0. The van der Waals surface area contributed by atoms with Gasteiger partial charge in [0.2, 0.25) is 11.8 Å². The molecule has 0 spiro atoms. The van der Waals surface area contributed by atoms with Crippen LogP contribution in [0.15, 0.2) is 47.4 Å². The van der Waals surface area contributed by atoms with Crippen molar-refractivity contribution in [3.63, 3.8) is 0 Å². The summed E-state index contributed by atoms with van der Waals surface area (Å²) in [7, 11) is 3.04. The van der Waals surface area contributed by atoms with Gasteiger partial charge in [-0.1, -0.05) is 12.1 Å². The van der Waals surface area contributed by atoms with Gasteiger partial charge in [0, 0.05) is 24.1 Å². The lowest BCUT2D eigenvalue weighted by molar-refractivity contribution is -0.134. The van der Waals surface area contributed by atoms with E-state index >= 15 is 0 Å². The lowest BCUT2D eigenvalue weighted by atomic mass is 10.2. The van der Waals surface area contributed by atoms with E-state index < -0.39 is 11.2 Å². The zero-order chi connectivity index (χ0) is 22.7. The van der Waals surface area contributed by atoms with E-state index in [1.54, 1.807) is 29.2 Å². The smallest absolute Gasteiger partial charge is 0.250 e. The highest BCUT2D eigenvalue weighted by Crippen LogP contribution is 2.40. The number of para-hydroxylation sites is 1. The summed E-state index contributed by atoms with van der Waals surface area (Å²) in [6.07, 6.45) is 1.89. The van der Waals surface area contributed by atoms with E-state index in [-0.39, 0.29) is 18.4 Å². The maximum absolute atomic E-state index is 13.3. The first-order chi connectivity index (χ1) is 15.5. The molecule has 2 aliphatic rings. The van der Waals surface area contributed by atoms with Gasteiger partial charge in [-0.05, 0) is 37.1 Å². The van der Waals surface area contributed by atoms with Crippen molar-refractivity contribution in [1.29, 1.82) is 0 Å². The molecule has 1 N–H and O–H groups in total.